The summed E-state index contributed by atoms with van der Waals surface area (Å²) in [6.45, 7) is 2.66. The van der Waals surface area contributed by atoms with Crippen molar-refractivity contribution in [2.45, 2.75) is 19.8 Å². The third-order valence-corrected chi connectivity index (χ3v) is 3.53. The number of aromatic nitrogens is 2. The van der Waals surface area contributed by atoms with Crippen LogP contribution in [0.15, 0.2) is 22.0 Å². The number of rotatable bonds is 5. The van der Waals surface area contributed by atoms with Crippen molar-refractivity contribution in [3.63, 3.8) is 0 Å². The SMILES string of the molecule is CCN(C)C(=O)CCc1nc(-c2cccs2)no1. The Labute approximate surface area is 109 Å². The van der Waals surface area contributed by atoms with Crippen molar-refractivity contribution in [2.75, 3.05) is 13.6 Å². The molecule has 1 amide bonds. The van der Waals surface area contributed by atoms with Crippen LogP contribution < -0.4 is 0 Å². The van der Waals surface area contributed by atoms with E-state index >= 15 is 0 Å². The first-order valence-corrected chi connectivity index (χ1v) is 6.69. The average molecular weight is 265 g/mol. The maximum atomic E-state index is 11.6. The number of nitrogens with zero attached hydrogens (tertiary/aromatic N) is 3. The highest BCUT2D eigenvalue weighted by Gasteiger charge is 2.12. The highest BCUT2D eigenvalue weighted by molar-refractivity contribution is 7.13. The van der Waals surface area contributed by atoms with Gasteiger partial charge in [-0.3, -0.25) is 4.79 Å². The van der Waals surface area contributed by atoms with Crippen molar-refractivity contribution in [1.29, 1.82) is 0 Å². The smallest absolute Gasteiger partial charge is 0.227 e. The molecule has 0 radical (unpaired) electrons. The molecule has 2 heterocycles. The fourth-order valence-corrected chi connectivity index (χ4v) is 2.09. The number of amides is 1. The Hall–Kier alpha value is -1.69. The number of aryl methyl sites for hydroxylation is 1. The van der Waals surface area contributed by atoms with Crippen LogP contribution in [0.3, 0.4) is 0 Å². The molecule has 0 atom stereocenters. The fraction of sp³-hybridized carbons (Fsp3) is 0.417. The lowest BCUT2D eigenvalue weighted by atomic mass is 10.3. The first-order chi connectivity index (χ1) is 8.70. The molecule has 0 saturated heterocycles. The molecule has 0 aliphatic heterocycles. The van der Waals surface area contributed by atoms with E-state index in [0.717, 1.165) is 4.88 Å². The van der Waals surface area contributed by atoms with E-state index in [4.69, 9.17) is 4.52 Å². The molecule has 0 spiro atoms. The van der Waals surface area contributed by atoms with Gasteiger partial charge in [-0.15, -0.1) is 11.3 Å². The van der Waals surface area contributed by atoms with Crippen molar-refractivity contribution in [3.05, 3.63) is 23.4 Å². The summed E-state index contributed by atoms with van der Waals surface area (Å²) >= 11 is 1.56. The van der Waals surface area contributed by atoms with Crippen LogP contribution in [-0.2, 0) is 11.2 Å². The molecule has 2 aromatic heterocycles. The molecule has 2 aromatic rings. The van der Waals surface area contributed by atoms with E-state index in [2.05, 4.69) is 10.1 Å². The van der Waals surface area contributed by atoms with Gasteiger partial charge in [0, 0.05) is 26.4 Å². The Kier molecular flexibility index (Phi) is 4.09. The van der Waals surface area contributed by atoms with Crippen molar-refractivity contribution in [2.24, 2.45) is 0 Å². The molecule has 0 saturated carbocycles. The largest absolute Gasteiger partial charge is 0.346 e. The summed E-state index contributed by atoms with van der Waals surface area (Å²) in [4.78, 5) is 18.5. The highest BCUT2D eigenvalue weighted by atomic mass is 32.1. The van der Waals surface area contributed by atoms with Gasteiger partial charge in [-0.25, -0.2) is 0 Å². The van der Waals surface area contributed by atoms with Gasteiger partial charge < -0.3 is 9.42 Å². The van der Waals surface area contributed by atoms with Gasteiger partial charge in [0.15, 0.2) is 0 Å². The average Bonchev–Trinajstić information content (AvgIpc) is 3.04. The maximum absolute atomic E-state index is 11.6. The van der Waals surface area contributed by atoms with Crippen LogP contribution in [0.2, 0.25) is 0 Å². The van der Waals surface area contributed by atoms with Gasteiger partial charge in [-0.2, -0.15) is 4.98 Å². The van der Waals surface area contributed by atoms with Crippen molar-refractivity contribution in [1.82, 2.24) is 15.0 Å². The molecule has 96 valence electrons. The third-order valence-electron chi connectivity index (χ3n) is 2.66. The third kappa shape index (κ3) is 2.95. The lowest BCUT2D eigenvalue weighted by molar-refractivity contribution is -0.129. The molecular formula is C12H15N3O2S. The molecule has 0 unspecified atom stereocenters. The van der Waals surface area contributed by atoms with Crippen LogP contribution in [0.5, 0.6) is 0 Å². The minimum absolute atomic E-state index is 0.0911. The standard InChI is InChI=1S/C12H15N3O2S/c1-3-15(2)11(16)7-6-10-13-12(14-17-10)9-5-4-8-18-9/h4-5,8H,3,6-7H2,1-2H3. The second-order valence-corrected chi connectivity index (χ2v) is 4.84. The van der Waals surface area contributed by atoms with E-state index in [-0.39, 0.29) is 5.91 Å². The molecule has 0 aromatic carbocycles. The van der Waals surface area contributed by atoms with E-state index in [1.165, 1.54) is 0 Å². The van der Waals surface area contributed by atoms with Gasteiger partial charge in [-0.1, -0.05) is 11.2 Å². The number of hydrogen-bond acceptors (Lipinski definition) is 5. The zero-order valence-corrected chi connectivity index (χ0v) is 11.2. The van der Waals surface area contributed by atoms with Crippen molar-refractivity contribution in [3.8, 4) is 10.7 Å². The van der Waals surface area contributed by atoms with Crippen molar-refractivity contribution >= 4 is 17.2 Å². The topological polar surface area (TPSA) is 59.2 Å². The number of thiophene rings is 1. The first-order valence-electron chi connectivity index (χ1n) is 5.81. The minimum atomic E-state index is 0.0911. The van der Waals surface area contributed by atoms with E-state index in [9.17, 15) is 4.79 Å². The molecule has 2 rings (SSSR count). The molecule has 0 fully saturated rings. The summed E-state index contributed by atoms with van der Waals surface area (Å²) in [6, 6.07) is 3.88. The monoisotopic (exact) mass is 265 g/mol. The molecular weight excluding hydrogens is 250 g/mol. The molecule has 18 heavy (non-hydrogen) atoms. The Morgan fingerprint density at radius 3 is 3.06 bits per heavy atom. The molecule has 0 bridgehead atoms. The molecule has 0 aliphatic carbocycles. The van der Waals surface area contributed by atoms with Gasteiger partial charge in [-0.05, 0) is 18.4 Å². The normalized spacial score (nSPS) is 10.6. The summed E-state index contributed by atoms with van der Waals surface area (Å²) in [6.07, 6.45) is 0.887. The zero-order chi connectivity index (χ0) is 13.0. The van der Waals surface area contributed by atoms with Gasteiger partial charge in [0.1, 0.15) is 0 Å². The van der Waals surface area contributed by atoms with Gasteiger partial charge >= 0.3 is 0 Å². The van der Waals surface area contributed by atoms with Crippen LogP contribution in [0.25, 0.3) is 10.7 Å². The van der Waals surface area contributed by atoms with Gasteiger partial charge in [0.2, 0.25) is 17.6 Å². The van der Waals surface area contributed by atoms with Crippen LogP contribution in [0.4, 0.5) is 0 Å². The predicted octanol–water partition coefficient (Wildman–Crippen LogP) is 2.21. The summed E-state index contributed by atoms with van der Waals surface area (Å²) in [5.41, 5.74) is 0. The Balaban J connectivity index is 1.93. The quantitative estimate of drug-likeness (QED) is 0.831. The molecule has 0 N–H and O–H groups in total. The maximum Gasteiger partial charge on any atom is 0.227 e. The van der Waals surface area contributed by atoms with Gasteiger partial charge in [0.25, 0.3) is 0 Å². The summed E-state index contributed by atoms with van der Waals surface area (Å²) in [5, 5.41) is 5.86. The first kappa shape index (κ1) is 12.8. The molecule has 0 aliphatic rings. The molecule has 6 heteroatoms. The summed E-state index contributed by atoms with van der Waals surface area (Å²) in [5.74, 6) is 1.20. The minimum Gasteiger partial charge on any atom is -0.346 e. The van der Waals surface area contributed by atoms with Gasteiger partial charge in [0.05, 0.1) is 4.88 Å². The summed E-state index contributed by atoms with van der Waals surface area (Å²) in [7, 11) is 1.78. The van der Waals surface area contributed by atoms with Crippen LogP contribution in [-0.4, -0.2) is 34.5 Å². The van der Waals surface area contributed by atoms with Crippen LogP contribution in [0, 0.1) is 0 Å². The highest BCUT2D eigenvalue weighted by Crippen LogP contribution is 2.21. The summed E-state index contributed by atoms with van der Waals surface area (Å²) < 4.78 is 5.13. The Morgan fingerprint density at radius 1 is 1.56 bits per heavy atom. The Morgan fingerprint density at radius 2 is 2.39 bits per heavy atom. The van der Waals surface area contributed by atoms with Crippen molar-refractivity contribution < 1.29 is 9.32 Å². The zero-order valence-electron chi connectivity index (χ0n) is 10.4. The number of carbonyl (C=O) groups is 1. The number of carbonyl (C=O) groups excluding carboxylic acids is 1. The van der Waals surface area contributed by atoms with E-state index < -0.39 is 0 Å². The lowest BCUT2D eigenvalue weighted by Gasteiger charge is -2.12. The number of hydrogen-bond donors (Lipinski definition) is 0. The van der Waals surface area contributed by atoms with E-state index in [1.54, 1.807) is 23.3 Å². The molecule has 5 nitrogen and oxygen atoms in total. The predicted molar refractivity (Wildman–Crippen MR) is 69.2 cm³/mol. The Bertz CT molecular complexity index is 507. The lowest BCUT2D eigenvalue weighted by Crippen LogP contribution is -2.26. The van der Waals surface area contributed by atoms with E-state index in [1.807, 2.05) is 24.4 Å². The fourth-order valence-electron chi connectivity index (χ4n) is 1.44. The van der Waals surface area contributed by atoms with Crippen LogP contribution >= 0.6 is 11.3 Å². The second kappa shape index (κ2) is 5.77. The van der Waals surface area contributed by atoms with E-state index in [0.29, 0.717) is 31.1 Å². The van der Waals surface area contributed by atoms with Crippen LogP contribution in [0.1, 0.15) is 19.2 Å². The second-order valence-electron chi connectivity index (χ2n) is 3.90.